The number of alkyl carbamates (subject to hydrolysis) is 1. The lowest BCUT2D eigenvalue weighted by Crippen LogP contribution is -2.51. The first-order chi connectivity index (χ1) is 20.7. The van der Waals surface area contributed by atoms with Gasteiger partial charge in [-0.3, -0.25) is 19.9 Å². The second kappa shape index (κ2) is 13.2. The Morgan fingerprint density at radius 1 is 0.932 bits per heavy atom. The molecule has 0 radical (unpaired) electrons. The van der Waals surface area contributed by atoms with Crippen LogP contribution >= 0.6 is 0 Å². The zero-order valence-electron chi connectivity index (χ0n) is 26.6. The summed E-state index contributed by atoms with van der Waals surface area (Å²) in [6.45, 7) is 14.4. The van der Waals surface area contributed by atoms with Crippen molar-refractivity contribution >= 4 is 37.5 Å². The van der Waals surface area contributed by atoms with Crippen LogP contribution in [0.5, 0.6) is 0 Å². The second-order valence-corrected chi connectivity index (χ2v) is 17.9. The van der Waals surface area contributed by atoms with Gasteiger partial charge in [0.25, 0.3) is 5.91 Å². The number of nitrogens with zero attached hydrogens (tertiary/aromatic N) is 3. The van der Waals surface area contributed by atoms with Crippen LogP contribution in [0.15, 0.2) is 84.0 Å². The van der Waals surface area contributed by atoms with Crippen molar-refractivity contribution in [3.8, 4) is 0 Å². The Bertz CT molecular complexity index is 1520. The Morgan fingerprint density at radius 3 is 2.25 bits per heavy atom. The molecule has 1 aliphatic rings. The first-order valence-corrected chi connectivity index (χ1v) is 17.6. The van der Waals surface area contributed by atoms with E-state index in [1.807, 2.05) is 62.4 Å². The van der Waals surface area contributed by atoms with Crippen LogP contribution in [0.25, 0.3) is 0 Å². The molecule has 1 atom stereocenters. The van der Waals surface area contributed by atoms with Crippen molar-refractivity contribution in [2.24, 2.45) is 10.4 Å². The fraction of sp³-hybridized carbons (Fsp3) is 0.382. The van der Waals surface area contributed by atoms with E-state index >= 15 is 0 Å². The SMILES string of the molecule is CC(C)(CO[Si](C)(C)C(C)(C)C)C(=O)CN1C(=O)C(NC(=O)OCc2ccccc2)N=C(c2ccccn2)c2ccccc21. The molecule has 2 heterocycles. The molecular weight excluding hydrogens is 572 g/mol. The van der Waals surface area contributed by atoms with E-state index < -0.39 is 31.9 Å². The fourth-order valence-electron chi connectivity index (χ4n) is 4.29. The summed E-state index contributed by atoms with van der Waals surface area (Å²) in [5.74, 6) is -0.736. The summed E-state index contributed by atoms with van der Waals surface area (Å²) >= 11 is 0. The minimum atomic E-state index is -2.12. The summed E-state index contributed by atoms with van der Waals surface area (Å²) in [4.78, 5) is 51.5. The van der Waals surface area contributed by atoms with Crippen LogP contribution < -0.4 is 10.2 Å². The molecule has 44 heavy (non-hydrogen) atoms. The largest absolute Gasteiger partial charge is 0.445 e. The Hall–Kier alpha value is -4.15. The summed E-state index contributed by atoms with van der Waals surface area (Å²) in [6.07, 6.45) is -0.533. The number of aromatic nitrogens is 1. The van der Waals surface area contributed by atoms with Gasteiger partial charge >= 0.3 is 6.09 Å². The van der Waals surface area contributed by atoms with Crippen molar-refractivity contribution in [3.05, 3.63) is 95.8 Å². The molecule has 1 unspecified atom stereocenters. The summed E-state index contributed by atoms with van der Waals surface area (Å²) in [6, 6.07) is 21.9. The number of nitrogens with one attached hydrogen (secondary N) is 1. The maximum Gasteiger partial charge on any atom is 0.409 e. The van der Waals surface area contributed by atoms with Gasteiger partial charge in [-0.1, -0.05) is 89.2 Å². The predicted octanol–water partition coefficient (Wildman–Crippen LogP) is 6.14. The molecule has 2 amide bonds. The molecule has 232 valence electrons. The summed E-state index contributed by atoms with van der Waals surface area (Å²) in [5, 5.41) is 2.60. The molecule has 2 aromatic carbocycles. The number of ether oxygens (including phenoxy) is 1. The number of benzodiazepines with no additional fused rings is 1. The van der Waals surface area contributed by atoms with Crippen LogP contribution in [0.1, 0.15) is 51.4 Å². The standard InChI is InChI=1S/C34H42N4O5Si/c1-33(2,3)44(6,7)43-23-34(4,5)28(39)21-38-27-19-12-11-17-25(27)29(26-18-13-14-20-35-26)36-30(31(38)40)37-32(41)42-22-24-15-9-8-10-16-24/h8-20,30H,21-23H2,1-7H3,(H,37,41). The maximum absolute atomic E-state index is 14.2. The Balaban J connectivity index is 1.65. The molecule has 0 aliphatic carbocycles. The number of aliphatic imine (C=N–C) groups is 1. The topological polar surface area (TPSA) is 110 Å². The first kappa shape index (κ1) is 32.8. The van der Waals surface area contributed by atoms with E-state index in [4.69, 9.17) is 14.2 Å². The number of hydrogen-bond donors (Lipinski definition) is 1. The van der Waals surface area contributed by atoms with Crippen LogP contribution in [0.3, 0.4) is 0 Å². The van der Waals surface area contributed by atoms with Crippen molar-refractivity contribution in [1.29, 1.82) is 0 Å². The number of para-hydroxylation sites is 1. The second-order valence-electron chi connectivity index (χ2n) is 13.1. The number of carbonyl (C=O) groups excluding carboxylic acids is 3. The van der Waals surface area contributed by atoms with Crippen LogP contribution in [0.4, 0.5) is 10.5 Å². The zero-order valence-corrected chi connectivity index (χ0v) is 27.6. The number of benzene rings is 2. The monoisotopic (exact) mass is 614 g/mol. The number of anilines is 1. The molecule has 0 saturated carbocycles. The highest BCUT2D eigenvalue weighted by molar-refractivity contribution is 6.74. The lowest BCUT2D eigenvalue weighted by molar-refractivity contribution is -0.129. The zero-order chi connectivity index (χ0) is 32.1. The number of Topliss-reactive ketones (excluding diaryl/α,β-unsaturated/α-hetero) is 1. The quantitative estimate of drug-likeness (QED) is 0.275. The van der Waals surface area contributed by atoms with Crippen molar-refractivity contribution in [1.82, 2.24) is 10.3 Å². The number of carbonyl (C=O) groups is 3. The smallest absolute Gasteiger partial charge is 0.409 e. The number of rotatable bonds is 10. The fourth-order valence-corrected chi connectivity index (χ4v) is 5.44. The highest BCUT2D eigenvalue weighted by Gasteiger charge is 2.41. The lowest BCUT2D eigenvalue weighted by Gasteiger charge is -2.39. The van der Waals surface area contributed by atoms with Gasteiger partial charge in [0.1, 0.15) is 6.61 Å². The van der Waals surface area contributed by atoms with Crippen LogP contribution in [-0.2, 0) is 25.4 Å². The molecule has 0 bridgehead atoms. The third-order valence-corrected chi connectivity index (χ3v) is 12.7. The molecule has 1 N–H and O–H groups in total. The first-order valence-electron chi connectivity index (χ1n) is 14.7. The maximum atomic E-state index is 14.2. The van der Waals surface area contributed by atoms with Crippen molar-refractivity contribution in [3.63, 3.8) is 0 Å². The number of pyridine rings is 1. The minimum Gasteiger partial charge on any atom is -0.445 e. The third-order valence-electron chi connectivity index (χ3n) is 8.24. The summed E-state index contributed by atoms with van der Waals surface area (Å²) < 4.78 is 11.8. The molecule has 3 aromatic rings. The van der Waals surface area contributed by atoms with Gasteiger partial charge in [-0.2, -0.15) is 0 Å². The molecule has 10 heteroatoms. The molecule has 0 saturated heterocycles. The number of amides is 2. The van der Waals surface area contributed by atoms with Crippen LogP contribution in [0.2, 0.25) is 18.1 Å². The third kappa shape index (κ3) is 7.67. The highest BCUT2D eigenvalue weighted by Crippen LogP contribution is 2.38. The van der Waals surface area contributed by atoms with Gasteiger partial charge in [0.05, 0.1) is 23.6 Å². The van der Waals surface area contributed by atoms with Gasteiger partial charge in [0.2, 0.25) is 6.17 Å². The average Bonchev–Trinajstić information content (AvgIpc) is 3.10. The average molecular weight is 615 g/mol. The van der Waals surface area contributed by atoms with Crippen molar-refractivity contribution < 1.29 is 23.5 Å². The van der Waals surface area contributed by atoms with Crippen LogP contribution in [0, 0.1) is 5.41 Å². The Kier molecular flexibility index (Phi) is 9.85. The highest BCUT2D eigenvalue weighted by atomic mass is 28.4. The lowest BCUT2D eigenvalue weighted by atomic mass is 9.88. The van der Waals surface area contributed by atoms with Crippen molar-refractivity contribution in [2.75, 3.05) is 18.1 Å². The Morgan fingerprint density at radius 2 is 1.59 bits per heavy atom. The van der Waals surface area contributed by atoms with Gasteiger partial charge < -0.3 is 14.1 Å². The van der Waals surface area contributed by atoms with E-state index in [2.05, 4.69) is 44.2 Å². The molecule has 9 nitrogen and oxygen atoms in total. The van der Waals surface area contributed by atoms with E-state index in [0.29, 0.717) is 22.7 Å². The molecule has 1 aliphatic heterocycles. The number of ketones is 1. The number of fused-ring (bicyclic) bond motifs is 1. The van der Waals surface area contributed by atoms with Crippen LogP contribution in [-0.4, -0.2) is 56.1 Å². The number of hydrogen-bond acceptors (Lipinski definition) is 7. The van der Waals surface area contributed by atoms with E-state index in [9.17, 15) is 14.4 Å². The molecular formula is C34H42N4O5Si. The van der Waals surface area contributed by atoms with E-state index in [-0.39, 0.29) is 30.6 Å². The normalized spacial score (nSPS) is 15.6. The van der Waals surface area contributed by atoms with Gasteiger partial charge in [0.15, 0.2) is 14.1 Å². The van der Waals surface area contributed by atoms with Gasteiger partial charge in [0, 0.05) is 23.8 Å². The van der Waals surface area contributed by atoms with Gasteiger partial charge in [-0.25, -0.2) is 9.79 Å². The molecule has 0 spiro atoms. The van der Waals surface area contributed by atoms with E-state index in [1.54, 1.807) is 30.5 Å². The summed E-state index contributed by atoms with van der Waals surface area (Å²) in [5.41, 5.74) is 1.98. The predicted molar refractivity (Wildman–Crippen MR) is 174 cm³/mol. The molecule has 1 aromatic heterocycles. The summed E-state index contributed by atoms with van der Waals surface area (Å²) in [7, 11) is -2.12. The minimum absolute atomic E-state index is 0.0148. The molecule has 4 rings (SSSR count). The van der Waals surface area contributed by atoms with Gasteiger partial charge in [-0.05, 0) is 41.9 Å². The van der Waals surface area contributed by atoms with E-state index in [1.165, 1.54) is 4.90 Å². The molecule has 0 fully saturated rings. The van der Waals surface area contributed by atoms with Gasteiger partial charge in [-0.15, -0.1) is 0 Å². The van der Waals surface area contributed by atoms with E-state index in [0.717, 1.165) is 5.56 Å². The Labute approximate surface area is 260 Å². The van der Waals surface area contributed by atoms with Crippen molar-refractivity contribution in [2.45, 2.75) is 65.5 Å².